The van der Waals surface area contributed by atoms with Crippen LogP contribution in [0.1, 0.15) is 37.5 Å². The quantitative estimate of drug-likeness (QED) is 0.380. The highest BCUT2D eigenvalue weighted by Gasteiger charge is 2.32. The number of aromatic nitrogens is 5. The SMILES string of the molecule is CC1CN(c2nc(-c3c(F)cc(F)cc3F)c3sc(N(C)C)nc3n2)C[C@H](c2cnn(C3CC3)c2)O1. The lowest BCUT2D eigenvalue weighted by Gasteiger charge is -2.36. The number of benzene rings is 1. The molecule has 12 heteroatoms. The van der Waals surface area contributed by atoms with Gasteiger partial charge in [-0.05, 0) is 19.8 Å². The molecule has 8 nitrogen and oxygen atoms in total. The molecule has 1 saturated heterocycles. The van der Waals surface area contributed by atoms with Gasteiger partial charge in [0, 0.05) is 44.5 Å². The van der Waals surface area contributed by atoms with Crippen LogP contribution in [0.25, 0.3) is 21.6 Å². The largest absolute Gasteiger partial charge is 0.367 e. The van der Waals surface area contributed by atoms with Crippen molar-refractivity contribution in [1.29, 1.82) is 0 Å². The van der Waals surface area contributed by atoms with Crippen molar-refractivity contribution >= 4 is 32.8 Å². The van der Waals surface area contributed by atoms with Crippen LogP contribution in [-0.2, 0) is 4.74 Å². The summed E-state index contributed by atoms with van der Waals surface area (Å²) in [6, 6.07) is 1.77. The van der Waals surface area contributed by atoms with Crippen molar-refractivity contribution < 1.29 is 17.9 Å². The van der Waals surface area contributed by atoms with Gasteiger partial charge in [0.15, 0.2) is 10.8 Å². The van der Waals surface area contributed by atoms with E-state index in [0.717, 1.165) is 18.4 Å². The lowest BCUT2D eigenvalue weighted by molar-refractivity contribution is -0.0178. The molecule has 6 rings (SSSR count). The number of hydrogen-bond donors (Lipinski definition) is 0. The molecule has 2 aliphatic rings. The number of fused-ring (bicyclic) bond motifs is 1. The molecular weight excluding hydrogens is 491 g/mol. The van der Waals surface area contributed by atoms with Gasteiger partial charge in [0.05, 0.1) is 30.5 Å². The third-order valence-electron chi connectivity index (χ3n) is 6.31. The molecule has 4 aromatic rings. The first-order chi connectivity index (χ1) is 17.3. The summed E-state index contributed by atoms with van der Waals surface area (Å²) in [5.74, 6) is -2.77. The average Bonchev–Trinajstić information content (AvgIpc) is 3.37. The number of morpholine rings is 1. The highest BCUT2D eigenvalue weighted by atomic mass is 32.1. The van der Waals surface area contributed by atoms with E-state index in [-0.39, 0.29) is 23.9 Å². The van der Waals surface area contributed by atoms with Gasteiger partial charge in [-0.1, -0.05) is 11.3 Å². The van der Waals surface area contributed by atoms with E-state index >= 15 is 0 Å². The molecule has 0 amide bonds. The lowest BCUT2D eigenvalue weighted by Crippen LogP contribution is -2.43. The summed E-state index contributed by atoms with van der Waals surface area (Å²) in [5, 5.41) is 5.09. The van der Waals surface area contributed by atoms with Gasteiger partial charge < -0.3 is 14.5 Å². The molecule has 0 radical (unpaired) electrons. The molecule has 1 aliphatic heterocycles. The van der Waals surface area contributed by atoms with Gasteiger partial charge in [-0.15, -0.1) is 0 Å². The van der Waals surface area contributed by atoms with Gasteiger partial charge in [0.25, 0.3) is 0 Å². The first kappa shape index (κ1) is 23.2. The predicted octanol–water partition coefficient (Wildman–Crippen LogP) is 4.73. The summed E-state index contributed by atoms with van der Waals surface area (Å²) in [5.41, 5.74) is 0.929. The maximum absolute atomic E-state index is 14.9. The van der Waals surface area contributed by atoms with Crippen molar-refractivity contribution in [1.82, 2.24) is 24.7 Å². The maximum atomic E-state index is 14.9. The molecule has 0 bridgehead atoms. The predicted molar refractivity (Wildman–Crippen MR) is 131 cm³/mol. The van der Waals surface area contributed by atoms with E-state index in [2.05, 4.69) is 20.1 Å². The zero-order valence-electron chi connectivity index (χ0n) is 20.0. The summed E-state index contributed by atoms with van der Waals surface area (Å²) >= 11 is 1.22. The summed E-state index contributed by atoms with van der Waals surface area (Å²) < 4.78 is 52.0. The van der Waals surface area contributed by atoms with E-state index in [1.54, 1.807) is 4.90 Å². The Labute approximate surface area is 209 Å². The Balaban J connectivity index is 1.44. The standard InChI is InChI=1S/C24H24F3N7OS/c1-12-9-33(11-18(35-12)13-8-28-34(10-13)15-4-5-15)23-29-20(19-16(26)6-14(25)7-17(19)27)21-22(30-23)31-24(36-21)32(2)3/h6-8,10,12,15,18H,4-5,9,11H2,1-3H3/t12?,18-/m1/s1. The Bertz CT molecular complexity index is 1430. The fraction of sp³-hybridized carbons (Fsp3) is 0.417. The summed E-state index contributed by atoms with van der Waals surface area (Å²) in [6.45, 7) is 2.87. The molecule has 3 aromatic heterocycles. The van der Waals surface area contributed by atoms with Crippen molar-refractivity contribution in [2.45, 2.75) is 38.0 Å². The fourth-order valence-corrected chi connectivity index (χ4v) is 5.35. The van der Waals surface area contributed by atoms with Crippen LogP contribution in [0, 0.1) is 17.5 Å². The zero-order chi connectivity index (χ0) is 25.1. The summed E-state index contributed by atoms with van der Waals surface area (Å²) in [4.78, 5) is 17.6. The molecule has 0 N–H and O–H groups in total. The van der Waals surface area contributed by atoms with Crippen LogP contribution < -0.4 is 9.80 Å². The monoisotopic (exact) mass is 515 g/mol. The molecule has 1 aliphatic carbocycles. The molecule has 2 atom stereocenters. The highest BCUT2D eigenvalue weighted by molar-refractivity contribution is 7.22. The van der Waals surface area contributed by atoms with Crippen LogP contribution in [-0.4, -0.2) is 58.0 Å². The third-order valence-corrected chi connectivity index (χ3v) is 7.53. The number of thiazole rings is 1. The number of hydrogen-bond acceptors (Lipinski definition) is 8. The summed E-state index contributed by atoms with van der Waals surface area (Å²) in [6.07, 6.45) is 5.68. The van der Waals surface area contributed by atoms with E-state index in [1.807, 2.05) is 43.0 Å². The van der Waals surface area contributed by atoms with Gasteiger partial charge >= 0.3 is 0 Å². The minimum Gasteiger partial charge on any atom is -0.367 e. The molecular formula is C24H24F3N7OS. The minimum absolute atomic E-state index is 0.0489. The van der Waals surface area contributed by atoms with Crippen LogP contribution in [0.5, 0.6) is 0 Å². The molecule has 0 spiro atoms. The second-order valence-corrected chi connectivity index (χ2v) is 10.5. The Morgan fingerprint density at radius 1 is 1.06 bits per heavy atom. The van der Waals surface area contributed by atoms with E-state index in [0.29, 0.717) is 46.7 Å². The molecule has 36 heavy (non-hydrogen) atoms. The van der Waals surface area contributed by atoms with Gasteiger partial charge in [0.2, 0.25) is 5.95 Å². The average molecular weight is 516 g/mol. The van der Waals surface area contributed by atoms with Crippen LogP contribution in [0.4, 0.5) is 24.3 Å². The van der Waals surface area contributed by atoms with E-state index in [9.17, 15) is 13.2 Å². The summed E-state index contributed by atoms with van der Waals surface area (Å²) in [7, 11) is 3.64. The van der Waals surface area contributed by atoms with E-state index in [4.69, 9.17) is 4.74 Å². The maximum Gasteiger partial charge on any atom is 0.228 e. The van der Waals surface area contributed by atoms with Crippen LogP contribution in [0.2, 0.25) is 0 Å². The number of nitrogens with zero attached hydrogens (tertiary/aromatic N) is 7. The zero-order valence-corrected chi connectivity index (χ0v) is 20.8. The number of rotatable bonds is 5. The van der Waals surface area contributed by atoms with Crippen molar-refractivity contribution in [3.05, 3.63) is 47.5 Å². The smallest absolute Gasteiger partial charge is 0.228 e. The van der Waals surface area contributed by atoms with Crippen molar-refractivity contribution in [3.8, 4) is 11.3 Å². The number of anilines is 2. The number of halogens is 3. The van der Waals surface area contributed by atoms with Gasteiger partial charge in [-0.2, -0.15) is 15.1 Å². The Morgan fingerprint density at radius 2 is 1.81 bits per heavy atom. The Morgan fingerprint density at radius 3 is 2.50 bits per heavy atom. The van der Waals surface area contributed by atoms with Gasteiger partial charge in [-0.3, -0.25) is 4.68 Å². The second-order valence-electron chi connectivity index (χ2n) is 9.49. The van der Waals surface area contributed by atoms with Crippen LogP contribution in [0.3, 0.4) is 0 Å². The van der Waals surface area contributed by atoms with Gasteiger partial charge in [0.1, 0.15) is 33.9 Å². The highest BCUT2D eigenvalue weighted by Crippen LogP contribution is 2.39. The van der Waals surface area contributed by atoms with Crippen molar-refractivity contribution in [2.24, 2.45) is 0 Å². The van der Waals surface area contributed by atoms with Crippen LogP contribution in [0.15, 0.2) is 24.5 Å². The second kappa shape index (κ2) is 8.70. The topological polar surface area (TPSA) is 72.2 Å². The van der Waals surface area contributed by atoms with Gasteiger partial charge in [-0.25, -0.2) is 18.2 Å². The molecule has 1 saturated carbocycles. The molecule has 1 unspecified atom stereocenters. The van der Waals surface area contributed by atoms with Crippen LogP contribution >= 0.6 is 11.3 Å². The Kier molecular flexibility index (Phi) is 5.60. The first-order valence-corrected chi connectivity index (χ1v) is 12.5. The lowest BCUT2D eigenvalue weighted by atomic mass is 10.1. The molecule has 188 valence electrons. The number of ether oxygens (including phenoxy) is 1. The van der Waals surface area contributed by atoms with Crippen molar-refractivity contribution in [2.75, 3.05) is 37.0 Å². The molecule has 2 fully saturated rings. The Hall–Kier alpha value is -3.25. The first-order valence-electron chi connectivity index (χ1n) is 11.7. The van der Waals surface area contributed by atoms with E-state index < -0.39 is 23.0 Å². The minimum atomic E-state index is -1.03. The van der Waals surface area contributed by atoms with E-state index in [1.165, 1.54) is 11.3 Å². The third kappa shape index (κ3) is 4.17. The van der Waals surface area contributed by atoms with Crippen molar-refractivity contribution in [3.63, 3.8) is 0 Å². The molecule has 1 aromatic carbocycles. The molecule has 4 heterocycles. The fourth-order valence-electron chi connectivity index (χ4n) is 4.43. The normalized spacial score (nSPS) is 20.3.